The van der Waals surface area contributed by atoms with E-state index >= 15 is 0 Å². The summed E-state index contributed by atoms with van der Waals surface area (Å²) in [6.07, 6.45) is 0.838. The van der Waals surface area contributed by atoms with E-state index in [4.69, 9.17) is 9.47 Å². The molecule has 0 unspecified atom stereocenters. The minimum atomic E-state index is -0.194. The summed E-state index contributed by atoms with van der Waals surface area (Å²) >= 11 is 0. The molecule has 0 aliphatic rings. The summed E-state index contributed by atoms with van der Waals surface area (Å²) in [4.78, 5) is 25.7. The Hall–Kier alpha value is -3.02. The number of hydrogen-bond donors (Lipinski definition) is 1. The standard InChI is InChI=1S/C22H28N2O4/c1-4-24(19-9-6-5-7-10-19)14-8-13-23-22(26)16-28-20-12-11-18(17(2)25)15-21(20)27-3/h5-7,9-12,15H,4,8,13-14,16H2,1-3H3,(H,23,26). The molecule has 0 aliphatic carbocycles. The van der Waals surface area contributed by atoms with E-state index in [0.717, 1.165) is 19.5 Å². The number of amides is 1. The van der Waals surface area contributed by atoms with E-state index in [1.807, 2.05) is 18.2 Å². The highest BCUT2D eigenvalue weighted by Gasteiger charge is 2.10. The van der Waals surface area contributed by atoms with Gasteiger partial charge in [-0.25, -0.2) is 0 Å². The lowest BCUT2D eigenvalue weighted by Crippen LogP contribution is -2.32. The van der Waals surface area contributed by atoms with E-state index < -0.39 is 0 Å². The minimum absolute atomic E-state index is 0.0563. The Morgan fingerprint density at radius 2 is 1.82 bits per heavy atom. The van der Waals surface area contributed by atoms with Crippen LogP contribution in [-0.4, -0.2) is 45.0 Å². The molecule has 28 heavy (non-hydrogen) atoms. The van der Waals surface area contributed by atoms with Crippen molar-refractivity contribution in [3.05, 3.63) is 54.1 Å². The molecule has 0 fully saturated rings. The summed E-state index contributed by atoms with van der Waals surface area (Å²) in [5, 5.41) is 2.87. The summed E-state index contributed by atoms with van der Waals surface area (Å²) in [5.41, 5.74) is 1.72. The highest BCUT2D eigenvalue weighted by molar-refractivity contribution is 5.94. The predicted octanol–water partition coefficient (Wildman–Crippen LogP) is 3.31. The third-order valence-corrected chi connectivity index (χ3v) is 4.36. The van der Waals surface area contributed by atoms with Gasteiger partial charge in [-0.2, -0.15) is 0 Å². The van der Waals surface area contributed by atoms with Gasteiger partial charge >= 0.3 is 0 Å². The number of nitrogens with one attached hydrogen (secondary N) is 1. The molecule has 2 aromatic rings. The van der Waals surface area contributed by atoms with Crippen LogP contribution in [0.5, 0.6) is 11.5 Å². The van der Waals surface area contributed by atoms with Gasteiger partial charge in [0.2, 0.25) is 0 Å². The van der Waals surface area contributed by atoms with Crippen LogP contribution in [0.25, 0.3) is 0 Å². The van der Waals surface area contributed by atoms with Gasteiger partial charge in [0.15, 0.2) is 23.9 Å². The maximum absolute atomic E-state index is 12.0. The molecule has 0 radical (unpaired) electrons. The number of ether oxygens (including phenoxy) is 2. The summed E-state index contributed by atoms with van der Waals surface area (Å²) in [7, 11) is 1.50. The fourth-order valence-corrected chi connectivity index (χ4v) is 2.81. The van der Waals surface area contributed by atoms with Crippen molar-refractivity contribution in [3.8, 4) is 11.5 Å². The van der Waals surface area contributed by atoms with Gasteiger partial charge in [0.05, 0.1) is 7.11 Å². The van der Waals surface area contributed by atoms with Crippen molar-refractivity contribution in [3.63, 3.8) is 0 Å². The molecule has 2 aromatic carbocycles. The van der Waals surface area contributed by atoms with E-state index in [1.54, 1.807) is 18.2 Å². The van der Waals surface area contributed by atoms with E-state index in [1.165, 1.54) is 19.7 Å². The van der Waals surface area contributed by atoms with Crippen LogP contribution >= 0.6 is 0 Å². The Balaban J connectivity index is 1.75. The summed E-state index contributed by atoms with van der Waals surface area (Å²) < 4.78 is 10.8. The van der Waals surface area contributed by atoms with Crippen molar-refractivity contribution in [1.29, 1.82) is 0 Å². The third-order valence-electron chi connectivity index (χ3n) is 4.36. The number of para-hydroxylation sites is 1. The molecule has 0 aliphatic heterocycles. The average molecular weight is 384 g/mol. The molecule has 0 heterocycles. The topological polar surface area (TPSA) is 67.9 Å². The molecule has 1 amide bonds. The first kappa shape index (κ1) is 21.3. The lowest BCUT2D eigenvalue weighted by molar-refractivity contribution is -0.123. The zero-order chi connectivity index (χ0) is 20.4. The lowest BCUT2D eigenvalue weighted by Gasteiger charge is -2.23. The van der Waals surface area contributed by atoms with Gasteiger partial charge in [-0.15, -0.1) is 0 Å². The number of rotatable bonds is 11. The Labute approximate surface area is 166 Å². The number of nitrogens with zero attached hydrogens (tertiary/aromatic N) is 1. The van der Waals surface area contributed by atoms with Gasteiger partial charge in [-0.1, -0.05) is 18.2 Å². The SMILES string of the molecule is CCN(CCCNC(=O)COc1ccc(C(C)=O)cc1OC)c1ccccc1. The average Bonchev–Trinajstić information content (AvgIpc) is 2.72. The molecule has 6 heteroatoms. The molecule has 0 atom stereocenters. The highest BCUT2D eigenvalue weighted by atomic mass is 16.5. The molecule has 0 spiro atoms. The van der Waals surface area contributed by atoms with Crippen LogP contribution in [0.1, 0.15) is 30.6 Å². The molecule has 150 valence electrons. The molecule has 0 saturated carbocycles. The maximum Gasteiger partial charge on any atom is 0.257 e. The zero-order valence-corrected chi connectivity index (χ0v) is 16.7. The number of Topliss-reactive ketones (excluding diaryl/α,β-unsaturated/α-hetero) is 1. The van der Waals surface area contributed by atoms with Crippen molar-refractivity contribution >= 4 is 17.4 Å². The fourth-order valence-electron chi connectivity index (χ4n) is 2.81. The summed E-state index contributed by atoms with van der Waals surface area (Å²) in [6.45, 7) is 5.85. The monoisotopic (exact) mass is 384 g/mol. The van der Waals surface area contributed by atoms with Gasteiger partial charge < -0.3 is 19.7 Å². The van der Waals surface area contributed by atoms with Gasteiger partial charge in [-0.05, 0) is 50.6 Å². The fraction of sp³-hybridized carbons (Fsp3) is 0.364. The van der Waals surface area contributed by atoms with Crippen LogP contribution in [0.3, 0.4) is 0 Å². The Bertz CT molecular complexity index is 777. The minimum Gasteiger partial charge on any atom is -0.493 e. The number of carbonyl (C=O) groups excluding carboxylic acids is 2. The van der Waals surface area contributed by atoms with Crippen LogP contribution in [-0.2, 0) is 4.79 Å². The van der Waals surface area contributed by atoms with Gasteiger partial charge in [0.25, 0.3) is 5.91 Å². The normalized spacial score (nSPS) is 10.2. The van der Waals surface area contributed by atoms with Crippen LogP contribution in [0.2, 0.25) is 0 Å². The maximum atomic E-state index is 12.0. The van der Waals surface area contributed by atoms with Gasteiger partial charge in [0, 0.05) is 30.9 Å². The second-order valence-corrected chi connectivity index (χ2v) is 6.33. The van der Waals surface area contributed by atoms with Crippen molar-refractivity contribution in [2.24, 2.45) is 0 Å². The Morgan fingerprint density at radius 3 is 2.46 bits per heavy atom. The second kappa shape index (κ2) is 11.0. The molecule has 1 N–H and O–H groups in total. The quantitative estimate of drug-likeness (QED) is 0.476. The molecule has 0 bridgehead atoms. The first-order valence-corrected chi connectivity index (χ1v) is 9.43. The smallest absolute Gasteiger partial charge is 0.257 e. The van der Waals surface area contributed by atoms with Crippen LogP contribution < -0.4 is 19.7 Å². The zero-order valence-electron chi connectivity index (χ0n) is 16.7. The lowest BCUT2D eigenvalue weighted by atomic mass is 10.1. The number of methoxy groups -OCH3 is 1. The second-order valence-electron chi connectivity index (χ2n) is 6.33. The first-order valence-electron chi connectivity index (χ1n) is 9.43. The Morgan fingerprint density at radius 1 is 1.07 bits per heavy atom. The molecular weight excluding hydrogens is 356 g/mol. The van der Waals surface area contributed by atoms with Crippen LogP contribution in [0.4, 0.5) is 5.69 Å². The van der Waals surface area contributed by atoms with Crippen molar-refractivity contribution in [2.45, 2.75) is 20.3 Å². The van der Waals surface area contributed by atoms with Gasteiger partial charge in [0.1, 0.15) is 0 Å². The summed E-state index contributed by atoms with van der Waals surface area (Å²) in [5.74, 6) is 0.616. The highest BCUT2D eigenvalue weighted by Crippen LogP contribution is 2.28. The largest absolute Gasteiger partial charge is 0.493 e. The molecule has 0 saturated heterocycles. The predicted molar refractivity (Wildman–Crippen MR) is 110 cm³/mol. The van der Waals surface area contributed by atoms with Crippen LogP contribution in [0, 0.1) is 0 Å². The Kier molecular flexibility index (Phi) is 8.34. The van der Waals surface area contributed by atoms with E-state index in [-0.39, 0.29) is 18.3 Å². The van der Waals surface area contributed by atoms with Crippen LogP contribution in [0.15, 0.2) is 48.5 Å². The van der Waals surface area contributed by atoms with E-state index in [9.17, 15) is 9.59 Å². The van der Waals surface area contributed by atoms with Crippen molar-refractivity contribution < 1.29 is 19.1 Å². The van der Waals surface area contributed by atoms with E-state index in [2.05, 4.69) is 29.3 Å². The number of hydrogen-bond acceptors (Lipinski definition) is 5. The van der Waals surface area contributed by atoms with Crippen molar-refractivity contribution in [1.82, 2.24) is 5.32 Å². The number of ketones is 1. The number of carbonyl (C=O) groups is 2. The van der Waals surface area contributed by atoms with Gasteiger partial charge in [-0.3, -0.25) is 9.59 Å². The van der Waals surface area contributed by atoms with Crippen molar-refractivity contribution in [2.75, 3.05) is 38.3 Å². The van der Waals surface area contributed by atoms with E-state index in [0.29, 0.717) is 23.6 Å². The molecular formula is C22H28N2O4. The first-order chi connectivity index (χ1) is 13.5. The summed E-state index contributed by atoms with van der Waals surface area (Å²) in [6, 6.07) is 15.1. The number of benzene rings is 2. The number of anilines is 1. The molecule has 2 rings (SSSR count). The molecule has 6 nitrogen and oxygen atoms in total. The third kappa shape index (κ3) is 6.30. The molecule has 0 aromatic heterocycles.